The molecule has 0 fully saturated rings. The summed E-state index contributed by atoms with van der Waals surface area (Å²) in [6.07, 6.45) is 4.60. The summed E-state index contributed by atoms with van der Waals surface area (Å²) < 4.78 is 0. The first-order valence-corrected chi connectivity index (χ1v) is 6.84. The summed E-state index contributed by atoms with van der Waals surface area (Å²) in [6.45, 7) is 4.17. The number of aromatic amines is 1. The molecule has 3 N–H and O–H groups in total. The number of H-pyrrole nitrogens is 1. The normalized spacial score (nSPS) is 14.5. The summed E-state index contributed by atoms with van der Waals surface area (Å²) in [7, 11) is 0. The predicted octanol–water partition coefficient (Wildman–Crippen LogP) is 2.96. The van der Waals surface area contributed by atoms with Gasteiger partial charge in [0.05, 0.1) is 22.7 Å². The summed E-state index contributed by atoms with van der Waals surface area (Å²) >= 11 is 5.89. The van der Waals surface area contributed by atoms with Crippen molar-refractivity contribution >= 4 is 28.5 Å². The van der Waals surface area contributed by atoms with E-state index in [-0.39, 0.29) is 12.1 Å². The topological polar surface area (TPSA) is 73.8 Å². The summed E-state index contributed by atoms with van der Waals surface area (Å²) in [5.74, 6) is 0.652. The number of unbranched alkanes of at least 4 members (excludes halogenated alkanes) is 1. The van der Waals surface area contributed by atoms with Crippen LogP contribution in [0, 0.1) is 0 Å². The molecule has 2 rings (SSSR count). The van der Waals surface area contributed by atoms with Crippen molar-refractivity contribution in [3.05, 3.63) is 17.3 Å². The number of hydrogen-bond acceptors (Lipinski definition) is 4. The van der Waals surface area contributed by atoms with Crippen LogP contribution in [0.4, 0.5) is 5.82 Å². The standard InChI is InChI=1S/C13H19ClN4O/c1-3-4-5-13(2,8-19)16-12-11-10(17-18-12)6-9(14)7-15-11/h6-7,19H,3-5,8H2,1-2H3,(H2,16,17,18)/t13-/m1/s1. The van der Waals surface area contributed by atoms with Crippen molar-refractivity contribution in [2.45, 2.75) is 38.6 Å². The van der Waals surface area contributed by atoms with E-state index in [1.165, 1.54) is 0 Å². The van der Waals surface area contributed by atoms with Gasteiger partial charge in [-0.25, -0.2) is 4.98 Å². The lowest BCUT2D eigenvalue weighted by Gasteiger charge is -2.28. The molecule has 19 heavy (non-hydrogen) atoms. The minimum atomic E-state index is -0.389. The van der Waals surface area contributed by atoms with E-state index < -0.39 is 0 Å². The number of nitrogens with zero attached hydrogens (tertiary/aromatic N) is 2. The first kappa shape index (κ1) is 14.1. The van der Waals surface area contributed by atoms with E-state index in [2.05, 4.69) is 27.4 Å². The summed E-state index contributed by atoms with van der Waals surface area (Å²) in [5.41, 5.74) is 1.13. The van der Waals surface area contributed by atoms with E-state index in [4.69, 9.17) is 11.6 Å². The fourth-order valence-corrected chi connectivity index (χ4v) is 2.16. The van der Waals surface area contributed by atoms with Crippen LogP contribution in [0.2, 0.25) is 5.02 Å². The lowest BCUT2D eigenvalue weighted by atomic mass is 9.96. The van der Waals surface area contributed by atoms with Gasteiger partial charge in [-0.1, -0.05) is 31.4 Å². The van der Waals surface area contributed by atoms with Gasteiger partial charge in [-0.05, 0) is 19.4 Å². The van der Waals surface area contributed by atoms with Gasteiger partial charge in [0.25, 0.3) is 0 Å². The van der Waals surface area contributed by atoms with E-state index in [1.807, 2.05) is 6.92 Å². The van der Waals surface area contributed by atoms with Crippen molar-refractivity contribution in [3.63, 3.8) is 0 Å². The number of rotatable bonds is 6. The number of pyridine rings is 1. The van der Waals surface area contributed by atoms with Gasteiger partial charge in [-0.3, -0.25) is 5.10 Å². The van der Waals surface area contributed by atoms with Crippen LogP contribution in [-0.2, 0) is 0 Å². The Morgan fingerprint density at radius 1 is 1.53 bits per heavy atom. The third kappa shape index (κ3) is 3.16. The molecular formula is C13H19ClN4O. The van der Waals surface area contributed by atoms with Crippen LogP contribution >= 0.6 is 11.6 Å². The number of aromatic nitrogens is 3. The van der Waals surface area contributed by atoms with Crippen LogP contribution in [0.25, 0.3) is 11.0 Å². The first-order valence-electron chi connectivity index (χ1n) is 6.46. The van der Waals surface area contributed by atoms with Gasteiger partial charge in [0.15, 0.2) is 5.82 Å². The van der Waals surface area contributed by atoms with Gasteiger partial charge in [0.1, 0.15) is 5.52 Å². The van der Waals surface area contributed by atoms with Crippen LogP contribution in [0.15, 0.2) is 12.3 Å². The zero-order valence-electron chi connectivity index (χ0n) is 11.2. The molecule has 2 aromatic heterocycles. The Kier molecular flexibility index (Phi) is 4.27. The van der Waals surface area contributed by atoms with Crippen molar-refractivity contribution in [1.29, 1.82) is 0 Å². The van der Waals surface area contributed by atoms with E-state index in [9.17, 15) is 5.11 Å². The third-order valence-electron chi connectivity index (χ3n) is 3.22. The van der Waals surface area contributed by atoms with E-state index >= 15 is 0 Å². The molecule has 0 amide bonds. The molecule has 0 bridgehead atoms. The van der Waals surface area contributed by atoms with Crippen molar-refractivity contribution in [1.82, 2.24) is 15.2 Å². The first-order chi connectivity index (χ1) is 9.08. The van der Waals surface area contributed by atoms with Crippen molar-refractivity contribution in [2.24, 2.45) is 0 Å². The third-order valence-corrected chi connectivity index (χ3v) is 3.42. The number of aliphatic hydroxyl groups excluding tert-OH is 1. The molecule has 2 heterocycles. The van der Waals surface area contributed by atoms with Crippen LogP contribution in [0.1, 0.15) is 33.1 Å². The fourth-order valence-electron chi connectivity index (χ4n) is 2.00. The smallest absolute Gasteiger partial charge is 0.174 e. The Morgan fingerprint density at radius 2 is 2.32 bits per heavy atom. The molecule has 0 unspecified atom stereocenters. The number of anilines is 1. The number of nitrogens with one attached hydrogen (secondary N) is 2. The second-order valence-corrected chi connectivity index (χ2v) is 5.51. The highest BCUT2D eigenvalue weighted by atomic mass is 35.5. The molecule has 0 aliphatic rings. The molecule has 5 nitrogen and oxygen atoms in total. The Balaban J connectivity index is 2.24. The minimum absolute atomic E-state index is 0.0505. The van der Waals surface area contributed by atoms with Gasteiger partial charge >= 0.3 is 0 Å². The average molecular weight is 283 g/mol. The minimum Gasteiger partial charge on any atom is -0.394 e. The zero-order valence-corrected chi connectivity index (χ0v) is 12.0. The Labute approximate surface area is 117 Å². The van der Waals surface area contributed by atoms with Crippen molar-refractivity contribution < 1.29 is 5.11 Å². The Bertz CT molecular complexity index is 557. The maximum absolute atomic E-state index is 9.58. The molecule has 0 radical (unpaired) electrons. The van der Waals surface area contributed by atoms with E-state index in [0.717, 1.165) is 30.3 Å². The van der Waals surface area contributed by atoms with Gasteiger partial charge in [-0.2, -0.15) is 5.10 Å². The van der Waals surface area contributed by atoms with Gasteiger partial charge in [0.2, 0.25) is 0 Å². The van der Waals surface area contributed by atoms with Gasteiger partial charge in [-0.15, -0.1) is 0 Å². The van der Waals surface area contributed by atoms with Crippen LogP contribution in [-0.4, -0.2) is 32.4 Å². The summed E-state index contributed by atoms with van der Waals surface area (Å²) in [6, 6.07) is 1.78. The molecule has 6 heteroatoms. The van der Waals surface area contributed by atoms with Crippen molar-refractivity contribution in [3.8, 4) is 0 Å². The monoisotopic (exact) mass is 282 g/mol. The number of fused-ring (bicyclic) bond motifs is 1. The quantitative estimate of drug-likeness (QED) is 0.761. The second-order valence-electron chi connectivity index (χ2n) is 5.07. The lowest BCUT2D eigenvalue weighted by molar-refractivity contribution is 0.212. The Hall–Kier alpha value is -1.33. The highest BCUT2D eigenvalue weighted by Gasteiger charge is 2.24. The Morgan fingerprint density at radius 3 is 3.00 bits per heavy atom. The molecule has 0 saturated heterocycles. The molecule has 1 atom stereocenters. The fraction of sp³-hybridized carbons (Fsp3) is 0.538. The van der Waals surface area contributed by atoms with E-state index in [0.29, 0.717) is 10.8 Å². The SMILES string of the molecule is CCCC[C@](C)(CO)Nc1n[nH]c2cc(Cl)cnc12. The summed E-state index contributed by atoms with van der Waals surface area (Å²) in [5, 5.41) is 20.5. The maximum atomic E-state index is 9.58. The number of aliphatic hydroxyl groups is 1. The second kappa shape index (κ2) is 5.75. The molecule has 0 spiro atoms. The average Bonchev–Trinajstić information content (AvgIpc) is 2.78. The van der Waals surface area contributed by atoms with Gasteiger partial charge < -0.3 is 10.4 Å². The molecule has 104 valence electrons. The zero-order chi connectivity index (χ0) is 13.9. The van der Waals surface area contributed by atoms with Crippen LogP contribution in [0.3, 0.4) is 0 Å². The largest absolute Gasteiger partial charge is 0.394 e. The van der Waals surface area contributed by atoms with Gasteiger partial charge in [0, 0.05) is 6.20 Å². The lowest BCUT2D eigenvalue weighted by Crippen LogP contribution is -2.39. The van der Waals surface area contributed by atoms with E-state index in [1.54, 1.807) is 12.3 Å². The summed E-state index contributed by atoms with van der Waals surface area (Å²) in [4.78, 5) is 4.27. The maximum Gasteiger partial charge on any atom is 0.174 e. The molecule has 0 aliphatic heterocycles. The highest BCUT2D eigenvalue weighted by Crippen LogP contribution is 2.25. The van der Waals surface area contributed by atoms with Crippen LogP contribution < -0.4 is 5.32 Å². The molecule has 0 aliphatic carbocycles. The molecular weight excluding hydrogens is 264 g/mol. The predicted molar refractivity (Wildman–Crippen MR) is 77.5 cm³/mol. The number of halogens is 1. The molecule has 2 aromatic rings. The van der Waals surface area contributed by atoms with Crippen LogP contribution in [0.5, 0.6) is 0 Å². The number of hydrogen-bond donors (Lipinski definition) is 3. The van der Waals surface area contributed by atoms with Crippen molar-refractivity contribution in [2.75, 3.05) is 11.9 Å². The highest BCUT2D eigenvalue weighted by molar-refractivity contribution is 6.31. The molecule has 0 aromatic carbocycles. The molecule has 0 saturated carbocycles.